The SMILES string of the molecule is O=C(Nc1ccccc1Cl)N1CCCC(Oc2ccncn2)C1. The smallest absolute Gasteiger partial charge is 0.322 e. The monoisotopic (exact) mass is 332 g/mol. The summed E-state index contributed by atoms with van der Waals surface area (Å²) < 4.78 is 5.81. The molecule has 3 rings (SSSR count). The van der Waals surface area contributed by atoms with Gasteiger partial charge in [-0.3, -0.25) is 0 Å². The summed E-state index contributed by atoms with van der Waals surface area (Å²) in [7, 11) is 0. The first-order valence-corrected chi connectivity index (χ1v) is 7.83. The molecule has 7 heteroatoms. The third-order valence-corrected chi connectivity index (χ3v) is 3.95. The average molecular weight is 333 g/mol. The fourth-order valence-electron chi connectivity index (χ4n) is 2.49. The summed E-state index contributed by atoms with van der Waals surface area (Å²) in [4.78, 5) is 22.0. The van der Waals surface area contributed by atoms with E-state index in [0.29, 0.717) is 29.7 Å². The molecule has 1 aromatic carbocycles. The van der Waals surface area contributed by atoms with E-state index in [1.807, 2.05) is 12.1 Å². The van der Waals surface area contributed by atoms with Crippen molar-refractivity contribution in [1.29, 1.82) is 0 Å². The maximum absolute atomic E-state index is 12.4. The predicted octanol–water partition coefficient (Wildman–Crippen LogP) is 3.21. The van der Waals surface area contributed by atoms with Crippen molar-refractivity contribution in [3.05, 3.63) is 47.9 Å². The van der Waals surface area contributed by atoms with Gasteiger partial charge < -0.3 is 15.0 Å². The zero-order valence-electron chi connectivity index (χ0n) is 12.5. The van der Waals surface area contributed by atoms with Gasteiger partial charge >= 0.3 is 6.03 Å². The number of hydrogen-bond acceptors (Lipinski definition) is 4. The summed E-state index contributed by atoms with van der Waals surface area (Å²) in [5.74, 6) is 0.526. The number of benzene rings is 1. The topological polar surface area (TPSA) is 67.4 Å². The van der Waals surface area contributed by atoms with Crippen LogP contribution in [-0.4, -0.2) is 40.1 Å². The van der Waals surface area contributed by atoms with Crippen molar-refractivity contribution < 1.29 is 9.53 Å². The Balaban J connectivity index is 1.59. The van der Waals surface area contributed by atoms with Crippen LogP contribution in [0.1, 0.15) is 12.8 Å². The number of carbonyl (C=O) groups excluding carboxylic acids is 1. The summed E-state index contributed by atoms with van der Waals surface area (Å²) in [6.07, 6.45) is 4.77. The van der Waals surface area contributed by atoms with Crippen LogP contribution in [0.4, 0.5) is 10.5 Å². The minimum Gasteiger partial charge on any atom is -0.472 e. The Morgan fingerprint density at radius 1 is 1.35 bits per heavy atom. The van der Waals surface area contributed by atoms with Crippen molar-refractivity contribution in [2.24, 2.45) is 0 Å². The molecule has 1 atom stereocenters. The average Bonchev–Trinajstić information content (AvgIpc) is 2.58. The van der Waals surface area contributed by atoms with Crippen molar-refractivity contribution in [1.82, 2.24) is 14.9 Å². The molecule has 0 spiro atoms. The van der Waals surface area contributed by atoms with Crippen LogP contribution >= 0.6 is 11.6 Å². The Hall–Kier alpha value is -2.34. The molecule has 2 heterocycles. The van der Waals surface area contributed by atoms with Gasteiger partial charge in [-0.05, 0) is 25.0 Å². The van der Waals surface area contributed by atoms with E-state index in [2.05, 4.69) is 15.3 Å². The van der Waals surface area contributed by atoms with Gasteiger partial charge in [-0.2, -0.15) is 0 Å². The third kappa shape index (κ3) is 4.10. The number of rotatable bonds is 3. The first-order chi connectivity index (χ1) is 11.2. The molecule has 6 nitrogen and oxygen atoms in total. The molecule has 2 aromatic rings. The number of likely N-dealkylation sites (tertiary alicyclic amines) is 1. The van der Waals surface area contributed by atoms with Crippen LogP contribution in [-0.2, 0) is 0 Å². The van der Waals surface area contributed by atoms with Crippen LogP contribution in [0.5, 0.6) is 5.88 Å². The van der Waals surface area contributed by atoms with Crippen molar-refractivity contribution in [2.45, 2.75) is 18.9 Å². The molecule has 0 saturated carbocycles. The number of hydrogen-bond donors (Lipinski definition) is 1. The van der Waals surface area contributed by atoms with Crippen LogP contribution < -0.4 is 10.1 Å². The molecular weight excluding hydrogens is 316 g/mol. The molecule has 1 unspecified atom stereocenters. The van der Waals surface area contributed by atoms with Gasteiger partial charge in [-0.1, -0.05) is 23.7 Å². The second-order valence-corrected chi connectivity index (χ2v) is 5.69. The van der Waals surface area contributed by atoms with Crippen LogP contribution in [0.15, 0.2) is 42.9 Å². The summed E-state index contributed by atoms with van der Waals surface area (Å²) in [5.41, 5.74) is 0.609. The van der Waals surface area contributed by atoms with Gasteiger partial charge in [0, 0.05) is 18.8 Å². The highest BCUT2D eigenvalue weighted by Gasteiger charge is 2.25. The first kappa shape index (κ1) is 15.6. The molecule has 120 valence electrons. The lowest BCUT2D eigenvalue weighted by atomic mass is 10.1. The zero-order chi connectivity index (χ0) is 16.1. The maximum atomic E-state index is 12.4. The molecule has 0 radical (unpaired) electrons. The largest absolute Gasteiger partial charge is 0.472 e. The minimum atomic E-state index is -0.172. The number of piperidine rings is 1. The van der Waals surface area contributed by atoms with Gasteiger partial charge in [0.2, 0.25) is 5.88 Å². The van der Waals surface area contributed by atoms with Gasteiger partial charge in [0.25, 0.3) is 0 Å². The molecule has 1 aliphatic rings. The number of anilines is 1. The normalized spacial score (nSPS) is 17.6. The highest BCUT2D eigenvalue weighted by Crippen LogP contribution is 2.22. The first-order valence-electron chi connectivity index (χ1n) is 7.45. The third-order valence-electron chi connectivity index (χ3n) is 3.62. The molecule has 23 heavy (non-hydrogen) atoms. The molecular formula is C16H17ClN4O2. The second-order valence-electron chi connectivity index (χ2n) is 5.29. The van der Waals surface area contributed by atoms with Crippen LogP contribution in [0.3, 0.4) is 0 Å². The van der Waals surface area contributed by atoms with E-state index in [9.17, 15) is 4.79 Å². The van der Waals surface area contributed by atoms with Crippen molar-refractivity contribution >= 4 is 23.3 Å². The number of halogens is 1. The Labute approximate surface area is 139 Å². The van der Waals surface area contributed by atoms with E-state index >= 15 is 0 Å². The lowest BCUT2D eigenvalue weighted by molar-refractivity contribution is 0.102. The Kier molecular flexibility index (Phi) is 4.92. The van der Waals surface area contributed by atoms with E-state index < -0.39 is 0 Å². The Bertz CT molecular complexity index is 668. The highest BCUT2D eigenvalue weighted by molar-refractivity contribution is 6.33. The van der Waals surface area contributed by atoms with E-state index in [-0.39, 0.29) is 12.1 Å². The van der Waals surface area contributed by atoms with Crippen LogP contribution in [0, 0.1) is 0 Å². The van der Waals surface area contributed by atoms with Crippen LogP contribution in [0.2, 0.25) is 5.02 Å². The number of ether oxygens (including phenoxy) is 1. The zero-order valence-corrected chi connectivity index (χ0v) is 13.2. The van der Waals surface area contributed by atoms with Gasteiger partial charge in [0.15, 0.2) is 0 Å². The number of aromatic nitrogens is 2. The second kappa shape index (κ2) is 7.28. The number of nitrogens with zero attached hydrogens (tertiary/aromatic N) is 3. The van der Waals surface area contributed by atoms with E-state index in [1.54, 1.807) is 29.3 Å². The van der Waals surface area contributed by atoms with Crippen molar-refractivity contribution in [3.63, 3.8) is 0 Å². The van der Waals surface area contributed by atoms with Crippen molar-refractivity contribution in [2.75, 3.05) is 18.4 Å². The number of nitrogens with one attached hydrogen (secondary N) is 1. The van der Waals surface area contributed by atoms with E-state index in [0.717, 1.165) is 12.8 Å². The van der Waals surface area contributed by atoms with E-state index in [4.69, 9.17) is 16.3 Å². The van der Waals surface area contributed by atoms with Gasteiger partial charge in [-0.15, -0.1) is 0 Å². The Morgan fingerprint density at radius 3 is 3.00 bits per heavy atom. The summed E-state index contributed by atoms with van der Waals surface area (Å²) >= 11 is 6.07. The maximum Gasteiger partial charge on any atom is 0.322 e. The van der Waals surface area contributed by atoms with Crippen molar-refractivity contribution in [3.8, 4) is 5.88 Å². The standard InChI is InChI=1S/C16H17ClN4O2/c17-13-5-1-2-6-14(13)20-16(22)21-9-3-4-12(10-21)23-15-7-8-18-11-19-15/h1-2,5-8,11-12H,3-4,9-10H2,(H,20,22). The molecule has 1 aliphatic heterocycles. The molecule has 0 bridgehead atoms. The number of urea groups is 1. The molecule has 1 N–H and O–H groups in total. The molecule has 2 amide bonds. The summed E-state index contributed by atoms with van der Waals surface area (Å²) in [5, 5.41) is 3.36. The lowest BCUT2D eigenvalue weighted by Gasteiger charge is -2.32. The number of para-hydroxylation sites is 1. The molecule has 1 fully saturated rings. The quantitative estimate of drug-likeness (QED) is 0.937. The predicted molar refractivity (Wildman–Crippen MR) is 87.7 cm³/mol. The molecule has 1 saturated heterocycles. The van der Waals surface area contributed by atoms with Crippen LogP contribution in [0.25, 0.3) is 0 Å². The molecule has 1 aromatic heterocycles. The number of amides is 2. The highest BCUT2D eigenvalue weighted by atomic mass is 35.5. The fourth-order valence-corrected chi connectivity index (χ4v) is 2.68. The number of carbonyl (C=O) groups is 1. The Morgan fingerprint density at radius 2 is 2.22 bits per heavy atom. The van der Waals surface area contributed by atoms with E-state index in [1.165, 1.54) is 6.33 Å². The van der Waals surface area contributed by atoms with Gasteiger partial charge in [0.05, 0.1) is 17.3 Å². The lowest BCUT2D eigenvalue weighted by Crippen LogP contribution is -2.46. The molecule has 0 aliphatic carbocycles. The fraction of sp³-hybridized carbons (Fsp3) is 0.312. The van der Waals surface area contributed by atoms with Gasteiger partial charge in [0.1, 0.15) is 12.4 Å². The summed E-state index contributed by atoms with van der Waals surface area (Å²) in [6.45, 7) is 1.21. The van der Waals surface area contributed by atoms with Gasteiger partial charge in [-0.25, -0.2) is 14.8 Å². The summed E-state index contributed by atoms with van der Waals surface area (Å²) in [6, 6.07) is 8.72. The minimum absolute atomic E-state index is 0.0735.